The van der Waals surface area contributed by atoms with E-state index in [-0.39, 0.29) is 5.91 Å². The van der Waals surface area contributed by atoms with Gasteiger partial charge in [0.25, 0.3) is 0 Å². The zero-order valence-electron chi connectivity index (χ0n) is 8.98. The van der Waals surface area contributed by atoms with Gasteiger partial charge in [-0.3, -0.25) is 9.89 Å². The molecule has 0 aliphatic rings. The molecule has 0 fully saturated rings. The molecular weight excluding hydrogens is 284 g/mol. The maximum atomic E-state index is 11.6. The third-order valence-electron chi connectivity index (χ3n) is 2.20. The SMILES string of the molecule is O=C(Cc1ccc(Br)cc1)NCc1ncn[nH]1. The number of carbonyl (C=O) groups excluding carboxylic acids is 1. The normalized spacial score (nSPS) is 10.2. The van der Waals surface area contributed by atoms with Crippen molar-refractivity contribution in [3.05, 3.63) is 46.5 Å². The molecule has 1 aromatic carbocycles. The molecule has 1 aromatic heterocycles. The lowest BCUT2D eigenvalue weighted by molar-refractivity contribution is -0.120. The van der Waals surface area contributed by atoms with Crippen LogP contribution in [0.15, 0.2) is 35.1 Å². The van der Waals surface area contributed by atoms with Gasteiger partial charge < -0.3 is 5.32 Å². The molecule has 0 aliphatic heterocycles. The molecule has 5 nitrogen and oxygen atoms in total. The molecular formula is C11H11BrN4O. The number of aromatic amines is 1. The van der Waals surface area contributed by atoms with E-state index in [2.05, 4.69) is 36.4 Å². The number of rotatable bonds is 4. The standard InChI is InChI=1S/C11H11BrN4O/c12-9-3-1-8(2-4-9)5-11(17)13-6-10-14-7-15-16-10/h1-4,7H,5-6H2,(H,13,17)(H,14,15,16). The Morgan fingerprint density at radius 2 is 2.12 bits per heavy atom. The largest absolute Gasteiger partial charge is 0.349 e. The number of benzene rings is 1. The molecule has 6 heteroatoms. The van der Waals surface area contributed by atoms with Crippen LogP contribution in [0, 0.1) is 0 Å². The van der Waals surface area contributed by atoms with Crippen LogP contribution in [0.5, 0.6) is 0 Å². The van der Waals surface area contributed by atoms with Gasteiger partial charge in [-0.05, 0) is 17.7 Å². The second kappa shape index (κ2) is 5.58. The Morgan fingerprint density at radius 3 is 2.76 bits per heavy atom. The second-order valence-electron chi connectivity index (χ2n) is 3.51. The summed E-state index contributed by atoms with van der Waals surface area (Å²) in [5, 5.41) is 9.15. The molecule has 88 valence electrons. The summed E-state index contributed by atoms with van der Waals surface area (Å²) in [6.45, 7) is 0.370. The van der Waals surface area contributed by atoms with Crippen molar-refractivity contribution in [2.75, 3.05) is 0 Å². The van der Waals surface area contributed by atoms with Crippen molar-refractivity contribution in [2.45, 2.75) is 13.0 Å². The summed E-state index contributed by atoms with van der Waals surface area (Å²) in [5.74, 6) is 0.609. The molecule has 0 bridgehead atoms. The molecule has 2 aromatic rings. The highest BCUT2D eigenvalue weighted by Gasteiger charge is 2.04. The first-order chi connectivity index (χ1) is 8.24. The Bertz CT molecular complexity index is 481. The van der Waals surface area contributed by atoms with Gasteiger partial charge in [-0.2, -0.15) is 5.10 Å². The molecule has 0 aliphatic carbocycles. The van der Waals surface area contributed by atoms with Crippen LogP contribution in [0.2, 0.25) is 0 Å². The number of hydrogen-bond acceptors (Lipinski definition) is 3. The monoisotopic (exact) mass is 294 g/mol. The van der Waals surface area contributed by atoms with Gasteiger partial charge in [0.1, 0.15) is 12.2 Å². The molecule has 0 saturated heterocycles. The maximum Gasteiger partial charge on any atom is 0.224 e. The Hall–Kier alpha value is -1.69. The summed E-state index contributed by atoms with van der Waals surface area (Å²) >= 11 is 3.35. The zero-order valence-corrected chi connectivity index (χ0v) is 10.6. The minimum Gasteiger partial charge on any atom is -0.349 e. The van der Waals surface area contributed by atoms with E-state index in [1.54, 1.807) is 0 Å². The first-order valence-electron chi connectivity index (χ1n) is 5.09. The van der Waals surface area contributed by atoms with Crippen molar-refractivity contribution in [2.24, 2.45) is 0 Å². The molecule has 0 atom stereocenters. The number of halogens is 1. The van der Waals surface area contributed by atoms with Gasteiger partial charge in [0.05, 0.1) is 13.0 Å². The van der Waals surface area contributed by atoms with E-state index >= 15 is 0 Å². The van der Waals surface area contributed by atoms with Crippen LogP contribution in [0.25, 0.3) is 0 Å². The molecule has 0 saturated carbocycles. The van der Waals surface area contributed by atoms with Crippen molar-refractivity contribution in [3.63, 3.8) is 0 Å². The van der Waals surface area contributed by atoms with Crippen LogP contribution in [0.3, 0.4) is 0 Å². The quantitative estimate of drug-likeness (QED) is 0.896. The predicted octanol–water partition coefficient (Wildman–Crippen LogP) is 1.43. The van der Waals surface area contributed by atoms with Crippen LogP contribution in [0.4, 0.5) is 0 Å². The Morgan fingerprint density at radius 1 is 1.35 bits per heavy atom. The molecule has 17 heavy (non-hydrogen) atoms. The molecule has 0 spiro atoms. The van der Waals surface area contributed by atoms with Crippen LogP contribution in [0.1, 0.15) is 11.4 Å². The summed E-state index contributed by atoms with van der Waals surface area (Å²) < 4.78 is 1.00. The van der Waals surface area contributed by atoms with Gasteiger partial charge >= 0.3 is 0 Å². The highest BCUT2D eigenvalue weighted by molar-refractivity contribution is 9.10. The minimum atomic E-state index is -0.0382. The van der Waals surface area contributed by atoms with Crippen LogP contribution in [-0.4, -0.2) is 21.1 Å². The third-order valence-corrected chi connectivity index (χ3v) is 2.72. The molecule has 0 unspecified atom stereocenters. The molecule has 2 N–H and O–H groups in total. The van der Waals surface area contributed by atoms with E-state index in [1.807, 2.05) is 24.3 Å². The Balaban J connectivity index is 1.83. The van der Waals surface area contributed by atoms with E-state index in [1.165, 1.54) is 6.33 Å². The summed E-state index contributed by atoms with van der Waals surface area (Å²) in [4.78, 5) is 15.5. The number of carbonyl (C=O) groups is 1. The summed E-state index contributed by atoms with van der Waals surface area (Å²) in [7, 11) is 0. The topological polar surface area (TPSA) is 70.7 Å². The number of amides is 1. The van der Waals surface area contributed by atoms with Gasteiger partial charge in [-0.15, -0.1) is 0 Å². The number of nitrogens with one attached hydrogen (secondary N) is 2. The number of aromatic nitrogens is 3. The van der Waals surface area contributed by atoms with Crippen LogP contribution < -0.4 is 5.32 Å². The lowest BCUT2D eigenvalue weighted by atomic mass is 10.1. The average molecular weight is 295 g/mol. The van der Waals surface area contributed by atoms with Crippen molar-refractivity contribution >= 4 is 21.8 Å². The number of nitrogens with zero attached hydrogens (tertiary/aromatic N) is 2. The van der Waals surface area contributed by atoms with Crippen molar-refractivity contribution < 1.29 is 4.79 Å². The number of H-pyrrole nitrogens is 1. The number of hydrogen-bond donors (Lipinski definition) is 2. The predicted molar refractivity (Wildman–Crippen MR) is 66.1 cm³/mol. The van der Waals surface area contributed by atoms with E-state index in [0.29, 0.717) is 18.8 Å². The first-order valence-corrected chi connectivity index (χ1v) is 5.89. The zero-order chi connectivity index (χ0) is 12.1. The van der Waals surface area contributed by atoms with Crippen molar-refractivity contribution in [1.82, 2.24) is 20.5 Å². The summed E-state index contributed by atoms with van der Waals surface area (Å²) in [6.07, 6.45) is 1.78. The fraction of sp³-hybridized carbons (Fsp3) is 0.182. The van der Waals surface area contributed by atoms with E-state index in [0.717, 1.165) is 10.0 Å². The summed E-state index contributed by atoms with van der Waals surface area (Å²) in [6, 6.07) is 7.66. The highest BCUT2D eigenvalue weighted by Crippen LogP contribution is 2.10. The van der Waals surface area contributed by atoms with E-state index in [4.69, 9.17) is 0 Å². The third kappa shape index (κ3) is 3.67. The molecule has 1 amide bonds. The second-order valence-corrected chi connectivity index (χ2v) is 4.43. The average Bonchev–Trinajstić information content (AvgIpc) is 2.83. The van der Waals surface area contributed by atoms with Crippen molar-refractivity contribution in [3.8, 4) is 0 Å². The van der Waals surface area contributed by atoms with Crippen LogP contribution in [-0.2, 0) is 17.8 Å². The fourth-order valence-corrected chi connectivity index (χ4v) is 1.61. The molecule has 0 radical (unpaired) electrons. The maximum absolute atomic E-state index is 11.6. The van der Waals surface area contributed by atoms with Crippen LogP contribution >= 0.6 is 15.9 Å². The lowest BCUT2D eigenvalue weighted by Crippen LogP contribution is -2.25. The fourth-order valence-electron chi connectivity index (χ4n) is 1.35. The highest BCUT2D eigenvalue weighted by atomic mass is 79.9. The van der Waals surface area contributed by atoms with Gasteiger partial charge in [-0.25, -0.2) is 4.98 Å². The van der Waals surface area contributed by atoms with E-state index in [9.17, 15) is 4.79 Å². The smallest absolute Gasteiger partial charge is 0.224 e. The van der Waals surface area contributed by atoms with Gasteiger partial charge in [0.15, 0.2) is 0 Å². The summed E-state index contributed by atoms with van der Waals surface area (Å²) in [5.41, 5.74) is 0.975. The van der Waals surface area contributed by atoms with Crippen molar-refractivity contribution in [1.29, 1.82) is 0 Å². The lowest BCUT2D eigenvalue weighted by Gasteiger charge is -2.03. The van der Waals surface area contributed by atoms with E-state index < -0.39 is 0 Å². The molecule has 2 rings (SSSR count). The van der Waals surface area contributed by atoms with Gasteiger partial charge in [0.2, 0.25) is 5.91 Å². The Kier molecular flexibility index (Phi) is 3.87. The molecule has 1 heterocycles. The van der Waals surface area contributed by atoms with Gasteiger partial charge in [-0.1, -0.05) is 28.1 Å². The minimum absolute atomic E-state index is 0.0382. The Labute approximate surface area is 107 Å². The van der Waals surface area contributed by atoms with Gasteiger partial charge in [0, 0.05) is 4.47 Å². The first kappa shape index (κ1) is 11.8.